The summed E-state index contributed by atoms with van der Waals surface area (Å²) in [7, 11) is 1.97. The molecule has 104 valence electrons. The Balaban J connectivity index is 2.77. The van der Waals surface area contributed by atoms with E-state index in [-0.39, 0.29) is 18.1 Å². The van der Waals surface area contributed by atoms with Crippen molar-refractivity contribution in [3.05, 3.63) is 17.0 Å². The fourth-order valence-corrected chi connectivity index (χ4v) is 2.24. The van der Waals surface area contributed by atoms with Gasteiger partial charge in [0.15, 0.2) is 0 Å². The van der Waals surface area contributed by atoms with Crippen molar-refractivity contribution in [3.63, 3.8) is 0 Å². The van der Waals surface area contributed by atoms with Gasteiger partial charge < -0.3 is 10.4 Å². The van der Waals surface area contributed by atoms with Crippen LogP contribution in [-0.2, 0) is 7.05 Å². The maximum atomic E-state index is 9.88. The maximum absolute atomic E-state index is 9.88. The van der Waals surface area contributed by atoms with Crippen LogP contribution in [0.1, 0.15) is 50.2 Å². The molecule has 0 aliphatic heterocycles. The molecule has 18 heavy (non-hydrogen) atoms. The Morgan fingerprint density at radius 1 is 1.33 bits per heavy atom. The molecule has 4 nitrogen and oxygen atoms in total. The molecule has 0 radical (unpaired) electrons. The van der Waals surface area contributed by atoms with Crippen molar-refractivity contribution in [1.29, 1.82) is 0 Å². The summed E-state index contributed by atoms with van der Waals surface area (Å²) in [6, 6.07) is 0.270. The second-order valence-corrected chi connectivity index (χ2v) is 5.39. The van der Waals surface area contributed by atoms with E-state index < -0.39 is 0 Å². The van der Waals surface area contributed by atoms with E-state index in [9.17, 15) is 5.11 Å². The number of hydrogen-bond donors (Lipinski definition) is 2. The normalized spacial score (nSPS) is 15.1. The zero-order valence-corrected chi connectivity index (χ0v) is 12.5. The van der Waals surface area contributed by atoms with Crippen LogP contribution < -0.4 is 5.32 Å². The van der Waals surface area contributed by atoms with E-state index in [4.69, 9.17) is 0 Å². The smallest absolute Gasteiger partial charge is 0.0687 e. The minimum Gasteiger partial charge on any atom is -0.392 e. The van der Waals surface area contributed by atoms with Gasteiger partial charge in [-0.3, -0.25) is 4.68 Å². The SMILES string of the molecule is CCC(NCC(O)C(C)C)c1c(C)nn(C)c1C. The average Bonchev–Trinajstić information content (AvgIpc) is 2.55. The van der Waals surface area contributed by atoms with Crippen LogP contribution in [0.4, 0.5) is 0 Å². The molecular formula is C14H27N3O. The highest BCUT2D eigenvalue weighted by molar-refractivity contribution is 5.28. The number of aromatic nitrogens is 2. The van der Waals surface area contributed by atoms with E-state index in [0.29, 0.717) is 6.54 Å². The quantitative estimate of drug-likeness (QED) is 0.816. The van der Waals surface area contributed by atoms with E-state index in [0.717, 1.165) is 12.1 Å². The molecule has 1 heterocycles. The Morgan fingerprint density at radius 3 is 2.33 bits per heavy atom. The zero-order valence-electron chi connectivity index (χ0n) is 12.5. The first-order chi connectivity index (χ1) is 8.38. The minimum atomic E-state index is -0.295. The summed E-state index contributed by atoms with van der Waals surface area (Å²) in [5.41, 5.74) is 3.55. The van der Waals surface area contributed by atoms with Crippen LogP contribution in [0.2, 0.25) is 0 Å². The van der Waals surface area contributed by atoms with Crippen molar-refractivity contribution in [2.75, 3.05) is 6.54 Å². The largest absolute Gasteiger partial charge is 0.392 e. The Kier molecular flexibility index (Phi) is 5.35. The Bertz CT molecular complexity index is 385. The summed E-state index contributed by atoms with van der Waals surface area (Å²) < 4.78 is 1.92. The molecule has 4 heteroatoms. The molecule has 0 aliphatic carbocycles. The van der Waals surface area contributed by atoms with E-state index in [2.05, 4.69) is 24.3 Å². The average molecular weight is 253 g/mol. The second kappa shape index (κ2) is 6.34. The predicted molar refractivity (Wildman–Crippen MR) is 74.6 cm³/mol. The molecule has 2 N–H and O–H groups in total. The van der Waals surface area contributed by atoms with Crippen LogP contribution in [0.15, 0.2) is 0 Å². The highest BCUT2D eigenvalue weighted by Gasteiger charge is 2.19. The topological polar surface area (TPSA) is 50.1 Å². The van der Waals surface area contributed by atoms with Crippen LogP contribution in [0.5, 0.6) is 0 Å². The first-order valence-corrected chi connectivity index (χ1v) is 6.80. The Morgan fingerprint density at radius 2 is 1.94 bits per heavy atom. The number of hydrogen-bond acceptors (Lipinski definition) is 3. The number of nitrogens with one attached hydrogen (secondary N) is 1. The summed E-state index contributed by atoms with van der Waals surface area (Å²) in [5.74, 6) is 0.283. The molecule has 0 aliphatic rings. The van der Waals surface area contributed by atoms with Crippen molar-refractivity contribution in [2.24, 2.45) is 13.0 Å². The van der Waals surface area contributed by atoms with Gasteiger partial charge in [0.1, 0.15) is 0 Å². The molecular weight excluding hydrogens is 226 g/mol. The van der Waals surface area contributed by atoms with Gasteiger partial charge in [-0.05, 0) is 26.2 Å². The van der Waals surface area contributed by atoms with Crippen molar-refractivity contribution < 1.29 is 5.11 Å². The molecule has 2 unspecified atom stereocenters. The molecule has 0 fully saturated rings. The van der Waals surface area contributed by atoms with Gasteiger partial charge >= 0.3 is 0 Å². The van der Waals surface area contributed by atoms with Crippen molar-refractivity contribution in [1.82, 2.24) is 15.1 Å². The molecule has 1 rings (SSSR count). The standard InChI is InChI=1S/C14H27N3O/c1-7-12(15-8-13(18)9(2)3)14-10(4)16-17(6)11(14)5/h9,12-13,15,18H,7-8H2,1-6H3. The molecule has 0 bridgehead atoms. The van der Waals surface area contributed by atoms with Gasteiger partial charge in [-0.25, -0.2) is 0 Å². The molecule has 1 aromatic rings. The van der Waals surface area contributed by atoms with Gasteiger partial charge in [0.05, 0.1) is 11.8 Å². The van der Waals surface area contributed by atoms with Gasteiger partial charge in [0.2, 0.25) is 0 Å². The van der Waals surface area contributed by atoms with Gasteiger partial charge in [0.25, 0.3) is 0 Å². The lowest BCUT2D eigenvalue weighted by Crippen LogP contribution is -2.33. The third-order valence-corrected chi connectivity index (χ3v) is 3.66. The fourth-order valence-electron chi connectivity index (χ4n) is 2.24. The molecule has 1 aromatic heterocycles. The van der Waals surface area contributed by atoms with Crippen LogP contribution in [-0.4, -0.2) is 27.5 Å². The molecule has 2 atom stereocenters. The van der Waals surface area contributed by atoms with E-state index in [1.165, 1.54) is 11.3 Å². The van der Waals surface area contributed by atoms with E-state index in [1.54, 1.807) is 0 Å². The van der Waals surface area contributed by atoms with E-state index >= 15 is 0 Å². The summed E-state index contributed by atoms with van der Waals surface area (Å²) in [6.07, 6.45) is 0.703. The van der Waals surface area contributed by atoms with Gasteiger partial charge in [-0.1, -0.05) is 20.8 Å². The highest BCUT2D eigenvalue weighted by atomic mass is 16.3. The second-order valence-electron chi connectivity index (χ2n) is 5.39. The molecule has 0 spiro atoms. The highest BCUT2D eigenvalue weighted by Crippen LogP contribution is 2.23. The number of aryl methyl sites for hydroxylation is 2. The summed E-state index contributed by atoms with van der Waals surface area (Å²) in [4.78, 5) is 0. The summed E-state index contributed by atoms with van der Waals surface area (Å²) in [6.45, 7) is 11.0. The monoisotopic (exact) mass is 253 g/mol. The number of aliphatic hydroxyl groups excluding tert-OH is 1. The third-order valence-electron chi connectivity index (χ3n) is 3.66. The third kappa shape index (κ3) is 3.33. The number of aliphatic hydroxyl groups is 1. The molecule has 0 saturated carbocycles. The van der Waals surface area contributed by atoms with Crippen molar-refractivity contribution in [3.8, 4) is 0 Å². The lowest BCUT2D eigenvalue weighted by Gasteiger charge is -2.22. The summed E-state index contributed by atoms with van der Waals surface area (Å²) >= 11 is 0. The molecule has 0 aromatic carbocycles. The first-order valence-electron chi connectivity index (χ1n) is 6.80. The van der Waals surface area contributed by atoms with Crippen LogP contribution >= 0.6 is 0 Å². The molecule has 0 saturated heterocycles. The van der Waals surface area contributed by atoms with Crippen LogP contribution in [0, 0.1) is 19.8 Å². The van der Waals surface area contributed by atoms with Gasteiger partial charge in [-0.15, -0.1) is 0 Å². The maximum Gasteiger partial charge on any atom is 0.0687 e. The predicted octanol–water partition coefficient (Wildman–Crippen LogP) is 2.09. The zero-order chi connectivity index (χ0) is 13.9. The minimum absolute atomic E-state index is 0.270. The Labute approximate surface area is 110 Å². The van der Waals surface area contributed by atoms with Crippen molar-refractivity contribution >= 4 is 0 Å². The summed E-state index contributed by atoms with van der Waals surface area (Å²) in [5, 5.41) is 17.8. The van der Waals surface area contributed by atoms with Gasteiger partial charge in [-0.2, -0.15) is 5.10 Å². The lowest BCUT2D eigenvalue weighted by molar-refractivity contribution is 0.119. The number of nitrogens with zero attached hydrogens (tertiary/aromatic N) is 2. The molecule has 0 amide bonds. The number of rotatable bonds is 6. The lowest BCUT2D eigenvalue weighted by atomic mass is 10.0. The Hall–Kier alpha value is -0.870. The van der Waals surface area contributed by atoms with Gasteiger partial charge in [0, 0.05) is 30.9 Å². The van der Waals surface area contributed by atoms with Crippen LogP contribution in [0.25, 0.3) is 0 Å². The van der Waals surface area contributed by atoms with Crippen molar-refractivity contribution in [2.45, 2.75) is 53.2 Å². The first kappa shape index (κ1) is 15.2. The fraction of sp³-hybridized carbons (Fsp3) is 0.786. The van der Waals surface area contributed by atoms with Crippen LogP contribution in [0.3, 0.4) is 0 Å². The van der Waals surface area contributed by atoms with E-state index in [1.807, 2.05) is 32.5 Å².